The molecule has 9 nitrogen and oxygen atoms in total. The molecule has 0 aliphatic carbocycles. The molecule has 0 aromatic rings. The lowest BCUT2D eigenvalue weighted by molar-refractivity contribution is -0.870. The number of rotatable bonds is 56. The van der Waals surface area contributed by atoms with Crippen molar-refractivity contribution in [3.63, 3.8) is 0 Å². The first-order valence-corrected chi connectivity index (χ1v) is 32.1. The second-order valence-corrected chi connectivity index (χ2v) is 23.1. The summed E-state index contributed by atoms with van der Waals surface area (Å²) < 4.78 is 34.0. The molecule has 2 unspecified atom stereocenters. The summed E-state index contributed by atoms with van der Waals surface area (Å²) in [5.41, 5.74) is 0. The Morgan fingerprint density at radius 1 is 0.432 bits per heavy atom. The van der Waals surface area contributed by atoms with Crippen molar-refractivity contribution in [2.45, 2.75) is 277 Å². The Hall–Kier alpha value is -2.55. The molecule has 74 heavy (non-hydrogen) atoms. The van der Waals surface area contributed by atoms with Crippen LogP contribution in [0.1, 0.15) is 271 Å². The Labute approximate surface area is 457 Å². The van der Waals surface area contributed by atoms with Crippen molar-refractivity contribution in [3.05, 3.63) is 72.9 Å². The van der Waals surface area contributed by atoms with Crippen molar-refractivity contribution in [3.8, 4) is 0 Å². The van der Waals surface area contributed by atoms with Gasteiger partial charge in [0.1, 0.15) is 19.8 Å². The molecule has 0 saturated heterocycles. The molecule has 10 heteroatoms. The molecule has 0 N–H and O–H groups in total. The van der Waals surface area contributed by atoms with Crippen LogP contribution in [0.3, 0.4) is 0 Å². The summed E-state index contributed by atoms with van der Waals surface area (Å²) in [5, 5.41) is 0. The first-order chi connectivity index (χ1) is 36.0. The van der Waals surface area contributed by atoms with Gasteiger partial charge in [0.25, 0.3) is 7.82 Å². The monoisotopic (exact) mass is 1060 g/mol. The van der Waals surface area contributed by atoms with Crippen molar-refractivity contribution >= 4 is 19.8 Å². The van der Waals surface area contributed by atoms with Gasteiger partial charge >= 0.3 is 11.9 Å². The molecule has 0 amide bonds. The van der Waals surface area contributed by atoms with E-state index in [1.807, 2.05) is 33.3 Å². The maximum Gasteiger partial charge on any atom is 0.306 e. The molecule has 0 heterocycles. The molecule has 0 radical (unpaired) electrons. The first-order valence-electron chi connectivity index (χ1n) is 30.6. The van der Waals surface area contributed by atoms with Crippen molar-refractivity contribution in [2.75, 3.05) is 47.5 Å². The van der Waals surface area contributed by atoms with Crippen LogP contribution < -0.4 is 4.89 Å². The van der Waals surface area contributed by atoms with E-state index in [0.717, 1.165) is 51.4 Å². The molecule has 0 aliphatic heterocycles. The third-order valence-electron chi connectivity index (χ3n) is 13.2. The number of hydrogen-bond acceptors (Lipinski definition) is 8. The summed E-state index contributed by atoms with van der Waals surface area (Å²) in [6, 6.07) is 0. The number of unbranched alkanes of at least 4 members (excludes halogenated alkanes) is 30. The molecule has 0 aromatic heterocycles. The number of hydrogen-bond donors (Lipinski definition) is 0. The van der Waals surface area contributed by atoms with Gasteiger partial charge in [-0.15, -0.1) is 0 Å². The average molecular weight is 1060 g/mol. The van der Waals surface area contributed by atoms with Gasteiger partial charge in [-0.3, -0.25) is 14.2 Å². The Morgan fingerprint density at radius 3 is 1.20 bits per heavy atom. The minimum absolute atomic E-state index is 0.0446. The molecule has 0 saturated carbocycles. The van der Waals surface area contributed by atoms with Crippen LogP contribution >= 0.6 is 7.82 Å². The lowest BCUT2D eigenvalue weighted by atomic mass is 10.0. The largest absolute Gasteiger partial charge is 0.756 e. The number of likely N-dealkylation sites (N-methyl/N-ethyl adjacent to an activating group) is 1. The van der Waals surface area contributed by atoms with Crippen molar-refractivity contribution in [1.82, 2.24) is 0 Å². The first kappa shape index (κ1) is 71.5. The number of carbonyl (C=O) groups is 2. The van der Waals surface area contributed by atoms with Gasteiger partial charge in [-0.2, -0.15) is 0 Å². The average Bonchev–Trinajstić information content (AvgIpc) is 3.36. The van der Waals surface area contributed by atoms with E-state index in [1.165, 1.54) is 186 Å². The number of ether oxygens (including phenoxy) is 2. The van der Waals surface area contributed by atoms with E-state index in [0.29, 0.717) is 17.4 Å². The maximum absolute atomic E-state index is 12.7. The van der Waals surface area contributed by atoms with Crippen molar-refractivity contribution < 1.29 is 42.1 Å². The van der Waals surface area contributed by atoms with Gasteiger partial charge in [0, 0.05) is 12.8 Å². The Bertz CT molecular complexity index is 1480. The zero-order valence-electron chi connectivity index (χ0n) is 48.8. The molecule has 430 valence electrons. The van der Waals surface area contributed by atoms with Crippen LogP contribution in [0.2, 0.25) is 0 Å². The number of nitrogens with zero attached hydrogens (tertiary/aromatic N) is 1. The van der Waals surface area contributed by atoms with Gasteiger partial charge in [0.2, 0.25) is 0 Å². The second-order valence-electron chi connectivity index (χ2n) is 21.7. The minimum atomic E-state index is -4.65. The van der Waals surface area contributed by atoms with Crippen LogP contribution in [0, 0.1) is 0 Å². The standard InChI is InChI=1S/C64H116NO8P/c1-6-8-10-12-14-16-18-20-21-22-23-24-25-26-27-28-29-30-31-32-33-34-35-36-37-38-39-40-41-42-43-45-46-48-50-52-54-56-63(66)70-60-62(61-72-74(68,69)71-59-58-65(3,4)5)73-64(67)57-55-53-51-49-47-44-19-17-15-13-11-9-7-2/h9,11,15,17-18,20,22-23,44,47,51,53,62H,6-8,10,12-14,16,19,21,24-43,45-46,48-50,52,54-61H2,1-5H3/b11-9-,17-15-,20-18-,23-22-,47-44-,53-51-. The number of phosphoric acid groups is 1. The zero-order valence-corrected chi connectivity index (χ0v) is 49.7. The second kappa shape index (κ2) is 55.2. The van der Waals surface area contributed by atoms with E-state index < -0.39 is 32.5 Å². The molecule has 0 bridgehead atoms. The lowest BCUT2D eigenvalue weighted by Crippen LogP contribution is -2.37. The SMILES string of the molecule is CC/C=C\C/C=C\C/C=C\C/C=C\CCC(=O)OC(COC(=O)CCCCCCCCCCCCCCCCCCCCCCCCCCC/C=C\C/C=C\CCCCCCC)COP(=O)([O-])OCC[N+](C)(C)C. The molecule has 0 rings (SSSR count). The summed E-state index contributed by atoms with van der Waals surface area (Å²) in [7, 11) is 1.12. The molecular formula is C64H116NO8P. The van der Waals surface area contributed by atoms with E-state index in [4.69, 9.17) is 18.5 Å². The minimum Gasteiger partial charge on any atom is -0.756 e. The van der Waals surface area contributed by atoms with Crippen LogP contribution in [-0.4, -0.2) is 70.0 Å². The number of phosphoric ester groups is 1. The summed E-state index contributed by atoms with van der Waals surface area (Å²) in [6.07, 6.45) is 73.1. The highest BCUT2D eigenvalue weighted by Crippen LogP contribution is 2.38. The predicted octanol–water partition coefficient (Wildman–Crippen LogP) is 18.6. The molecular weight excluding hydrogens is 942 g/mol. The van der Waals surface area contributed by atoms with Crippen LogP contribution in [0.15, 0.2) is 72.9 Å². The predicted molar refractivity (Wildman–Crippen MR) is 314 cm³/mol. The van der Waals surface area contributed by atoms with E-state index in [2.05, 4.69) is 74.6 Å². The molecule has 0 spiro atoms. The summed E-state index contributed by atoms with van der Waals surface area (Å²) in [5.74, 6) is -0.923. The van der Waals surface area contributed by atoms with E-state index in [1.54, 1.807) is 0 Å². The summed E-state index contributed by atoms with van der Waals surface area (Å²) >= 11 is 0. The lowest BCUT2D eigenvalue weighted by Gasteiger charge is -2.28. The fourth-order valence-electron chi connectivity index (χ4n) is 8.53. The van der Waals surface area contributed by atoms with Crippen LogP contribution in [0.4, 0.5) is 0 Å². The van der Waals surface area contributed by atoms with Crippen LogP contribution in [0.5, 0.6) is 0 Å². The third kappa shape index (κ3) is 58.7. The molecule has 0 aliphatic rings. The smallest absolute Gasteiger partial charge is 0.306 e. The molecule has 0 aromatic carbocycles. The highest BCUT2D eigenvalue weighted by atomic mass is 31.2. The fourth-order valence-corrected chi connectivity index (χ4v) is 9.25. The highest BCUT2D eigenvalue weighted by molar-refractivity contribution is 7.45. The third-order valence-corrected chi connectivity index (χ3v) is 14.2. The van der Waals surface area contributed by atoms with E-state index >= 15 is 0 Å². The maximum atomic E-state index is 12.7. The van der Waals surface area contributed by atoms with E-state index in [-0.39, 0.29) is 26.1 Å². The topological polar surface area (TPSA) is 111 Å². The zero-order chi connectivity index (χ0) is 54.2. The Balaban J connectivity index is 3.92. The summed E-state index contributed by atoms with van der Waals surface area (Å²) in [4.78, 5) is 37.7. The summed E-state index contributed by atoms with van der Waals surface area (Å²) in [6.45, 7) is 4.04. The van der Waals surface area contributed by atoms with Gasteiger partial charge < -0.3 is 27.9 Å². The van der Waals surface area contributed by atoms with Gasteiger partial charge in [-0.05, 0) is 70.6 Å². The number of esters is 2. The van der Waals surface area contributed by atoms with Crippen LogP contribution in [0.25, 0.3) is 0 Å². The van der Waals surface area contributed by atoms with Crippen molar-refractivity contribution in [2.24, 2.45) is 0 Å². The number of carbonyl (C=O) groups excluding carboxylic acids is 2. The fraction of sp³-hybridized carbons (Fsp3) is 0.781. The Morgan fingerprint density at radius 2 is 0.797 bits per heavy atom. The van der Waals surface area contributed by atoms with Gasteiger partial charge in [-0.25, -0.2) is 0 Å². The molecule has 2 atom stereocenters. The van der Waals surface area contributed by atoms with Gasteiger partial charge in [0.15, 0.2) is 6.10 Å². The van der Waals surface area contributed by atoms with Crippen LogP contribution in [-0.2, 0) is 32.7 Å². The van der Waals surface area contributed by atoms with Crippen molar-refractivity contribution in [1.29, 1.82) is 0 Å². The number of quaternary nitrogens is 1. The van der Waals surface area contributed by atoms with E-state index in [9.17, 15) is 19.0 Å². The van der Waals surface area contributed by atoms with Gasteiger partial charge in [0.05, 0.1) is 27.7 Å². The number of allylic oxidation sites excluding steroid dienone is 12. The quantitative estimate of drug-likeness (QED) is 0.0195. The highest BCUT2D eigenvalue weighted by Gasteiger charge is 2.21. The molecule has 0 fully saturated rings. The van der Waals surface area contributed by atoms with Gasteiger partial charge in [-0.1, -0.05) is 260 Å². The normalized spacial score (nSPS) is 13.8. The Kier molecular flexibility index (Phi) is 53.3.